The normalized spacial score (nSPS) is 15.8. The highest BCUT2D eigenvalue weighted by atomic mass is 35.7. The van der Waals surface area contributed by atoms with Crippen LogP contribution in [-0.4, -0.2) is 70.5 Å². The van der Waals surface area contributed by atoms with Crippen molar-refractivity contribution >= 4 is 51.2 Å². The largest absolute Gasteiger partial charge is 0.395 e. The molecule has 0 saturated carbocycles. The van der Waals surface area contributed by atoms with Crippen molar-refractivity contribution in [2.24, 2.45) is 0 Å². The first-order chi connectivity index (χ1) is 14.2. The summed E-state index contributed by atoms with van der Waals surface area (Å²) >= 11 is 13.0. The van der Waals surface area contributed by atoms with Gasteiger partial charge in [-0.05, 0) is 24.2 Å². The summed E-state index contributed by atoms with van der Waals surface area (Å²) in [6, 6.07) is 19.3. The zero-order valence-electron chi connectivity index (χ0n) is 17.0. The summed E-state index contributed by atoms with van der Waals surface area (Å²) in [5, 5.41) is 19.6. The molecule has 0 aliphatic carbocycles. The molecule has 30 heavy (non-hydrogen) atoms. The van der Waals surface area contributed by atoms with Crippen LogP contribution in [0, 0.1) is 0 Å². The second-order valence-electron chi connectivity index (χ2n) is 7.20. The van der Waals surface area contributed by atoms with Crippen LogP contribution in [0.25, 0.3) is 0 Å². The molecule has 0 atom stereocenters. The monoisotopic (exact) mass is 468 g/mol. The molecule has 0 aromatic heterocycles. The second-order valence-corrected chi connectivity index (χ2v) is 13.5. The molecule has 2 N–H and O–H groups in total. The molecule has 0 unspecified atom stereocenters. The van der Waals surface area contributed by atoms with Crippen LogP contribution in [0.4, 0.5) is 4.79 Å². The molecule has 1 heterocycles. The number of carbonyl (C=O) groups is 2. The standard InChI is InChI=1S/C12H10Cl2Si.C9H16N2O4/c13-15(14,11-7-3-1-4-8-11)12-9-5-2-6-10-12;1-9(2)7(14)10(3-5-12)8(15)11(9)4-6-13/h1-10H;12-13H,3-6H2,1-2H3. The smallest absolute Gasteiger partial charge is 0.327 e. The Hall–Kier alpha value is -1.90. The molecule has 1 aliphatic rings. The van der Waals surface area contributed by atoms with E-state index in [0.29, 0.717) is 0 Å². The Labute approximate surface area is 187 Å². The van der Waals surface area contributed by atoms with Crippen molar-refractivity contribution in [3.8, 4) is 0 Å². The number of hydrogen-bond acceptors (Lipinski definition) is 4. The first-order valence-electron chi connectivity index (χ1n) is 9.52. The fourth-order valence-corrected chi connectivity index (χ4v) is 6.22. The van der Waals surface area contributed by atoms with Gasteiger partial charge in [-0.25, -0.2) is 4.79 Å². The number of urea groups is 1. The summed E-state index contributed by atoms with van der Waals surface area (Å²) in [7, 11) is 0. The number of aliphatic hydroxyl groups is 2. The number of rotatable bonds is 6. The van der Waals surface area contributed by atoms with Gasteiger partial charge >= 0.3 is 12.7 Å². The van der Waals surface area contributed by atoms with Crippen LogP contribution in [-0.2, 0) is 4.79 Å². The van der Waals surface area contributed by atoms with Crippen LogP contribution in [0.5, 0.6) is 0 Å². The van der Waals surface area contributed by atoms with Gasteiger partial charge in [-0.3, -0.25) is 9.69 Å². The lowest BCUT2D eigenvalue weighted by Crippen LogP contribution is -2.48. The summed E-state index contributed by atoms with van der Waals surface area (Å²) in [4.78, 5) is 25.8. The van der Waals surface area contributed by atoms with Crippen molar-refractivity contribution in [2.75, 3.05) is 26.3 Å². The van der Waals surface area contributed by atoms with Crippen molar-refractivity contribution in [1.29, 1.82) is 0 Å². The number of halogens is 2. The Kier molecular flexibility index (Phi) is 8.46. The van der Waals surface area contributed by atoms with E-state index in [-0.39, 0.29) is 32.2 Å². The lowest BCUT2D eigenvalue weighted by Gasteiger charge is -2.26. The summed E-state index contributed by atoms with van der Waals surface area (Å²) in [6.07, 6.45) is 0. The Bertz CT molecular complexity index is 809. The third-order valence-corrected chi connectivity index (χ3v) is 9.56. The van der Waals surface area contributed by atoms with E-state index in [9.17, 15) is 9.59 Å². The van der Waals surface area contributed by atoms with Crippen LogP contribution in [0.1, 0.15) is 13.8 Å². The van der Waals surface area contributed by atoms with Crippen LogP contribution in [0.3, 0.4) is 0 Å². The van der Waals surface area contributed by atoms with Gasteiger partial charge in [-0.15, -0.1) is 22.2 Å². The second kappa shape index (κ2) is 10.4. The molecule has 1 saturated heterocycles. The van der Waals surface area contributed by atoms with Gasteiger partial charge in [0.2, 0.25) is 0 Å². The van der Waals surface area contributed by atoms with E-state index >= 15 is 0 Å². The van der Waals surface area contributed by atoms with E-state index in [4.69, 9.17) is 32.4 Å². The number of hydrogen-bond donors (Lipinski definition) is 2. The van der Waals surface area contributed by atoms with Crippen molar-refractivity contribution in [2.45, 2.75) is 19.4 Å². The molecule has 3 rings (SSSR count). The number of β-amino-alcohol motifs (C(OH)–C–C–N with tert-alkyl or cyclic N) is 2. The highest BCUT2D eigenvalue weighted by Crippen LogP contribution is 2.26. The highest BCUT2D eigenvalue weighted by molar-refractivity contribution is 7.56. The number of carbonyl (C=O) groups excluding carboxylic acids is 2. The zero-order valence-corrected chi connectivity index (χ0v) is 19.5. The van der Waals surface area contributed by atoms with Gasteiger partial charge in [0, 0.05) is 6.54 Å². The summed E-state index contributed by atoms with van der Waals surface area (Å²) in [6.45, 7) is 0.432. The minimum atomic E-state index is -2.51. The molecule has 9 heteroatoms. The first kappa shape index (κ1) is 24.4. The predicted octanol–water partition coefficient (Wildman–Crippen LogP) is 1.73. The summed E-state index contributed by atoms with van der Waals surface area (Å²) < 4.78 is 0. The van der Waals surface area contributed by atoms with Gasteiger partial charge < -0.3 is 15.1 Å². The minimum absolute atomic E-state index is 0.00300. The quantitative estimate of drug-likeness (QED) is 0.384. The Morgan fingerprint density at radius 2 is 1.27 bits per heavy atom. The van der Waals surface area contributed by atoms with E-state index in [1.54, 1.807) is 13.8 Å². The Morgan fingerprint density at radius 3 is 1.67 bits per heavy atom. The average molecular weight is 469 g/mol. The van der Waals surface area contributed by atoms with Crippen molar-refractivity contribution in [3.63, 3.8) is 0 Å². The fourth-order valence-electron chi connectivity index (χ4n) is 3.15. The van der Waals surface area contributed by atoms with Gasteiger partial charge in [0.25, 0.3) is 5.91 Å². The van der Waals surface area contributed by atoms with Gasteiger partial charge in [-0.1, -0.05) is 60.7 Å². The molecule has 6 nitrogen and oxygen atoms in total. The lowest BCUT2D eigenvalue weighted by atomic mass is 10.0. The maximum Gasteiger partial charge on any atom is 0.327 e. The number of imide groups is 1. The number of nitrogens with zero attached hydrogens (tertiary/aromatic N) is 2. The molecule has 1 fully saturated rings. The topological polar surface area (TPSA) is 81.1 Å². The molecule has 3 amide bonds. The molecular formula is C21H26Cl2N2O4Si. The summed E-state index contributed by atoms with van der Waals surface area (Å²) in [5.41, 5.74) is -0.936. The minimum Gasteiger partial charge on any atom is -0.395 e. The number of amides is 3. The van der Waals surface area contributed by atoms with Crippen molar-refractivity contribution < 1.29 is 19.8 Å². The maximum absolute atomic E-state index is 11.8. The maximum atomic E-state index is 11.8. The van der Waals surface area contributed by atoms with Gasteiger partial charge in [0.05, 0.1) is 19.8 Å². The van der Waals surface area contributed by atoms with E-state index in [1.165, 1.54) is 4.90 Å². The molecule has 2 aromatic rings. The third-order valence-electron chi connectivity index (χ3n) is 4.83. The molecule has 0 bridgehead atoms. The van der Waals surface area contributed by atoms with E-state index in [2.05, 4.69) is 0 Å². The molecule has 1 aliphatic heterocycles. The van der Waals surface area contributed by atoms with Crippen molar-refractivity contribution in [1.82, 2.24) is 9.80 Å². The zero-order chi connectivity index (χ0) is 22.4. The average Bonchev–Trinajstić information content (AvgIpc) is 2.91. The van der Waals surface area contributed by atoms with Gasteiger partial charge in [-0.2, -0.15) is 0 Å². The van der Waals surface area contributed by atoms with Gasteiger partial charge in [0.1, 0.15) is 5.54 Å². The molecule has 162 valence electrons. The third kappa shape index (κ3) is 5.22. The van der Waals surface area contributed by atoms with Crippen LogP contribution < -0.4 is 10.4 Å². The SMILES string of the molecule is CC1(C)C(=O)N(CCO)C(=O)N1CCO.Cl[Si](Cl)(c1ccccc1)c1ccccc1. The molecule has 0 radical (unpaired) electrons. The fraction of sp³-hybridized carbons (Fsp3) is 0.333. The molecule has 2 aromatic carbocycles. The Morgan fingerprint density at radius 1 is 0.833 bits per heavy atom. The number of benzene rings is 2. The molecular weight excluding hydrogens is 443 g/mol. The van der Waals surface area contributed by atoms with Gasteiger partial charge in [0.15, 0.2) is 0 Å². The number of aliphatic hydroxyl groups excluding tert-OH is 2. The van der Waals surface area contributed by atoms with Crippen LogP contribution >= 0.6 is 22.2 Å². The molecule has 0 spiro atoms. The first-order valence-corrected chi connectivity index (χ1v) is 13.5. The van der Waals surface area contributed by atoms with Crippen molar-refractivity contribution in [3.05, 3.63) is 60.7 Å². The van der Waals surface area contributed by atoms with Crippen LogP contribution in [0.15, 0.2) is 60.7 Å². The van der Waals surface area contributed by atoms with E-state index in [0.717, 1.165) is 15.3 Å². The Balaban J connectivity index is 0.000000214. The summed E-state index contributed by atoms with van der Waals surface area (Å²) in [5.74, 6) is -0.338. The lowest BCUT2D eigenvalue weighted by molar-refractivity contribution is -0.132. The highest BCUT2D eigenvalue weighted by Gasteiger charge is 2.50. The van der Waals surface area contributed by atoms with E-state index in [1.807, 2.05) is 60.7 Å². The van der Waals surface area contributed by atoms with E-state index < -0.39 is 18.3 Å². The predicted molar refractivity (Wildman–Crippen MR) is 122 cm³/mol. The van der Waals surface area contributed by atoms with Crippen LogP contribution in [0.2, 0.25) is 0 Å².